The Hall–Kier alpha value is -4.38. The molecule has 0 saturated carbocycles. The molecule has 11 heteroatoms. The van der Waals surface area contributed by atoms with E-state index in [-0.39, 0.29) is 36.7 Å². The van der Waals surface area contributed by atoms with Gasteiger partial charge in [0.2, 0.25) is 5.95 Å². The van der Waals surface area contributed by atoms with Gasteiger partial charge in [0.25, 0.3) is 5.56 Å². The fourth-order valence-electron chi connectivity index (χ4n) is 4.03. The van der Waals surface area contributed by atoms with Gasteiger partial charge in [0, 0.05) is 20.5 Å². The Morgan fingerprint density at radius 1 is 1.05 bits per heavy atom. The Kier molecular flexibility index (Phi) is 7.44. The van der Waals surface area contributed by atoms with Crippen LogP contribution < -0.4 is 21.3 Å². The first kappa shape index (κ1) is 25.7. The number of aliphatic hydroxyl groups excluding tert-OH is 1. The van der Waals surface area contributed by atoms with Crippen LogP contribution in [0.2, 0.25) is 0 Å². The monoisotopic (exact) mass is 507 g/mol. The number of aryl methyl sites for hydroxylation is 2. The molecule has 3 N–H and O–H groups in total. The number of nitrogens with zero attached hydrogens (tertiary/aromatic N) is 4. The number of imidazole rings is 1. The van der Waals surface area contributed by atoms with E-state index in [9.17, 15) is 24.6 Å². The highest BCUT2D eigenvalue weighted by molar-refractivity contribution is 5.79. The summed E-state index contributed by atoms with van der Waals surface area (Å²) in [5.74, 6) is -0.496. The third kappa shape index (κ3) is 5.56. The lowest BCUT2D eigenvalue weighted by atomic mass is 10.1. The van der Waals surface area contributed by atoms with Gasteiger partial charge in [0.1, 0.15) is 24.5 Å². The lowest BCUT2D eigenvalue weighted by Crippen LogP contribution is -2.38. The number of aromatic nitrogens is 4. The number of anilines is 1. The number of fused-ring (bicyclic) bond motifs is 1. The molecule has 4 aromatic rings. The van der Waals surface area contributed by atoms with Crippen LogP contribution in [-0.4, -0.2) is 53.6 Å². The van der Waals surface area contributed by atoms with E-state index in [2.05, 4.69) is 10.3 Å². The van der Waals surface area contributed by atoms with E-state index in [1.807, 2.05) is 49.4 Å². The zero-order valence-corrected chi connectivity index (χ0v) is 20.8. The van der Waals surface area contributed by atoms with Crippen molar-refractivity contribution in [2.24, 2.45) is 14.1 Å². The molecular formula is C26H29N5O6. The Labute approximate surface area is 212 Å². The van der Waals surface area contributed by atoms with Gasteiger partial charge in [-0.1, -0.05) is 48.0 Å². The molecule has 0 unspecified atom stereocenters. The molecule has 4 rings (SSSR count). The van der Waals surface area contributed by atoms with Crippen LogP contribution in [0, 0.1) is 6.92 Å². The zero-order chi connectivity index (χ0) is 26.7. The van der Waals surface area contributed by atoms with Crippen molar-refractivity contribution in [1.82, 2.24) is 18.7 Å². The van der Waals surface area contributed by atoms with E-state index in [0.29, 0.717) is 5.75 Å². The maximum Gasteiger partial charge on any atom is 0.332 e. The molecule has 2 aromatic carbocycles. The SMILES string of the molecule is Cc1ccc(OC[C@H](O)Cn2c(N[C@@H](Cc3ccccc3)C(=O)O)nc3c2c(=O)n(C)c(=O)n3C)cc1. The molecule has 0 saturated heterocycles. The second-order valence-corrected chi connectivity index (χ2v) is 8.93. The van der Waals surface area contributed by atoms with Crippen LogP contribution >= 0.6 is 0 Å². The number of nitrogens with one attached hydrogen (secondary N) is 1. The Bertz CT molecular complexity index is 1520. The zero-order valence-electron chi connectivity index (χ0n) is 20.8. The van der Waals surface area contributed by atoms with E-state index in [0.717, 1.165) is 15.7 Å². The van der Waals surface area contributed by atoms with Crippen LogP contribution in [0.15, 0.2) is 64.2 Å². The van der Waals surface area contributed by atoms with Crippen LogP contribution in [-0.2, 0) is 31.9 Å². The molecule has 0 spiro atoms. The summed E-state index contributed by atoms with van der Waals surface area (Å²) in [5, 5.41) is 23.6. The molecule has 2 aromatic heterocycles. The van der Waals surface area contributed by atoms with Crippen molar-refractivity contribution < 1.29 is 19.7 Å². The molecule has 37 heavy (non-hydrogen) atoms. The van der Waals surface area contributed by atoms with Gasteiger partial charge < -0.3 is 24.8 Å². The minimum atomic E-state index is -1.12. The van der Waals surface area contributed by atoms with E-state index in [1.165, 1.54) is 23.2 Å². The molecule has 194 valence electrons. The standard InChI is InChI=1S/C26H29N5O6/c1-16-9-11-19(12-10-16)37-15-18(32)14-31-21-22(29(2)26(36)30(3)23(21)33)28-25(31)27-20(24(34)35)13-17-7-5-4-6-8-17/h4-12,18,20,32H,13-15H2,1-3H3,(H,27,28)(H,34,35)/t18-,20+/m1/s1. The fraction of sp³-hybridized carbons (Fsp3) is 0.308. The minimum absolute atomic E-state index is 0.0472. The van der Waals surface area contributed by atoms with Crippen LogP contribution in [0.25, 0.3) is 11.2 Å². The first-order chi connectivity index (χ1) is 17.7. The molecule has 0 radical (unpaired) electrons. The van der Waals surface area contributed by atoms with E-state index < -0.39 is 29.4 Å². The smallest absolute Gasteiger partial charge is 0.332 e. The largest absolute Gasteiger partial charge is 0.491 e. The lowest BCUT2D eigenvalue weighted by Gasteiger charge is -2.19. The molecule has 0 aliphatic carbocycles. The first-order valence-electron chi connectivity index (χ1n) is 11.7. The van der Waals surface area contributed by atoms with Gasteiger partial charge in [0.15, 0.2) is 11.2 Å². The maximum atomic E-state index is 13.1. The summed E-state index contributed by atoms with van der Waals surface area (Å²) in [6.45, 7) is 1.74. The molecule has 0 aliphatic rings. The summed E-state index contributed by atoms with van der Waals surface area (Å²) in [5.41, 5.74) is 0.811. The number of aliphatic carboxylic acids is 1. The fourth-order valence-corrected chi connectivity index (χ4v) is 4.03. The second-order valence-electron chi connectivity index (χ2n) is 8.93. The van der Waals surface area contributed by atoms with Crippen LogP contribution in [0.4, 0.5) is 5.95 Å². The van der Waals surface area contributed by atoms with E-state index in [1.54, 1.807) is 12.1 Å². The number of ether oxygens (including phenoxy) is 1. The summed E-state index contributed by atoms with van der Waals surface area (Å²) in [6.07, 6.45) is -0.923. The summed E-state index contributed by atoms with van der Waals surface area (Å²) in [7, 11) is 2.82. The van der Waals surface area contributed by atoms with Crippen LogP contribution in [0.5, 0.6) is 5.75 Å². The average molecular weight is 508 g/mol. The van der Waals surface area contributed by atoms with E-state index in [4.69, 9.17) is 4.74 Å². The van der Waals surface area contributed by atoms with Gasteiger partial charge >= 0.3 is 11.7 Å². The third-order valence-electron chi connectivity index (χ3n) is 6.09. The third-order valence-corrected chi connectivity index (χ3v) is 6.09. The average Bonchev–Trinajstić information content (AvgIpc) is 3.23. The normalized spacial score (nSPS) is 12.9. The van der Waals surface area contributed by atoms with Gasteiger partial charge in [-0.25, -0.2) is 9.59 Å². The van der Waals surface area contributed by atoms with Crippen molar-refractivity contribution in [3.8, 4) is 5.75 Å². The number of benzene rings is 2. The number of carbonyl (C=O) groups is 1. The van der Waals surface area contributed by atoms with Gasteiger partial charge in [-0.15, -0.1) is 0 Å². The van der Waals surface area contributed by atoms with Gasteiger partial charge in [-0.2, -0.15) is 4.98 Å². The predicted molar refractivity (Wildman–Crippen MR) is 138 cm³/mol. The molecule has 2 atom stereocenters. The Morgan fingerprint density at radius 2 is 1.73 bits per heavy atom. The van der Waals surface area contributed by atoms with Crippen molar-refractivity contribution in [3.05, 3.63) is 86.6 Å². The van der Waals surface area contributed by atoms with Gasteiger partial charge in [-0.3, -0.25) is 13.9 Å². The minimum Gasteiger partial charge on any atom is -0.491 e. The lowest BCUT2D eigenvalue weighted by molar-refractivity contribution is -0.137. The maximum absolute atomic E-state index is 13.1. The van der Waals surface area contributed by atoms with E-state index >= 15 is 0 Å². The summed E-state index contributed by atoms with van der Waals surface area (Å²) < 4.78 is 9.24. The first-order valence-corrected chi connectivity index (χ1v) is 11.7. The number of hydrogen-bond acceptors (Lipinski definition) is 7. The van der Waals surface area contributed by atoms with Gasteiger partial charge in [0.05, 0.1) is 6.54 Å². The number of rotatable bonds is 10. The van der Waals surface area contributed by atoms with Crippen LogP contribution in [0.1, 0.15) is 11.1 Å². The summed E-state index contributed by atoms with van der Waals surface area (Å²) in [4.78, 5) is 42.1. The van der Waals surface area contributed by atoms with Gasteiger partial charge in [-0.05, 0) is 24.6 Å². The van der Waals surface area contributed by atoms with Crippen molar-refractivity contribution in [2.75, 3.05) is 11.9 Å². The topological polar surface area (TPSA) is 141 Å². The number of carboxylic acid groups (broad SMARTS) is 1. The predicted octanol–water partition coefficient (Wildman–Crippen LogP) is 1.29. The molecule has 0 amide bonds. The number of hydrogen-bond donors (Lipinski definition) is 3. The molecular weight excluding hydrogens is 478 g/mol. The quantitative estimate of drug-likeness (QED) is 0.292. The Morgan fingerprint density at radius 3 is 2.38 bits per heavy atom. The molecule has 0 fully saturated rings. The number of aliphatic hydroxyl groups is 1. The Balaban J connectivity index is 1.69. The van der Waals surface area contributed by atoms with Crippen molar-refractivity contribution >= 4 is 23.1 Å². The van der Waals surface area contributed by atoms with Crippen LogP contribution in [0.3, 0.4) is 0 Å². The second kappa shape index (κ2) is 10.7. The highest BCUT2D eigenvalue weighted by atomic mass is 16.5. The summed E-state index contributed by atoms with van der Waals surface area (Å²) >= 11 is 0. The van der Waals surface area contributed by atoms with Crippen molar-refractivity contribution in [1.29, 1.82) is 0 Å². The summed E-state index contributed by atoms with van der Waals surface area (Å²) in [6, 6.07) is 15.3. The highest BCUT2D eigenvalue weighted by Gasteiger charge is 2.25. The molecule has 11 nitrogen and oxygen atoms in total. The molecule has 0 aliphatic heterocycles. The highest BCUT2D eigenvalue weighted by Crippen LogP contribution is 2.19. The van der Waals surface area contributed by atoms with Crippen molar-refractivity contribution in [3.63, 3.8) is 0 Å². The number of carboxylic acids is 1. The molecule has 2 heterocycles. The van der Waals surface area contributed by atoms with Crippen molar-refractivity contribution in [2.45, 2.75) is 32.0 Å². The molecule has 0 bridgehead atoms.